The van der Waals surface area contributed by atoms with Crippen LogP contribution in [0.3, 0.4) is 0 Å². The third kappa shape index (κ3) is 3.45. The highest BCUT2D eigenvalue weighted by Crippen LogP contribution is 2.20. The van der Waals surface area contributed by atoms with E-state index in [2.05, 4.69) is 4.72 Å². The van der Waals surface area contributed by atoms with Gasteiger partial charge < -0.3 is 4.74 Å². The fourth-order valence-electron chi connectivity index (χ4n) is 2.92. The smallest absolute Gasteiger partial charge is 0.328 e. The first-order valence-electron chi connectivity index (χ1n) is 8.07. The first kappa shape index (κ1) is 18.7. The molecule has 1 N–H and O–H groups in total. The molecule has 0 radical (unpaired) electrons. The molecular weight excluding hydrogens is 370 g/mol. The highest BCUT2D eigenvalue weighted by atomic mass is 32.2. The van der Waals surface area contributed by atoms with Gasteiger partial charge in [-0.2, -0.15) is 0 Å². The summed E-state index contributed by atoms with van der Waals surface area (Å²) in [6.45, 7) is 0. The average Bonchev–Trinajstić information content (AvgIpc) is 2.85. The number of amides is 1. The van der Waals surface area contributed by atoms with E-state index in [0.29, 0.717) is 22.3 Å². The molecule has 2 aromatic carbocycles. The normalized spacial score (nSPS) is 11.5. The fourth-order valence-corrected chi connectivity index (χ4v) is 3.92. The third-order valence-electron chi connectivity index (χ3n) is 4.35. The van der Waals surface area contributed by atoms with Crippen LogP contribution in [0.1, 0.15) is 5.56 Å². The number of nitrogens with one attached hydrogen (secondary N) is 1. The van der Waals surface area contributed by atoms with Crippen molar-refractivity contribution < 1.29 is 17.9 Å². The van der Waals surface area contributed by atoms with Gasteiger partial charge in [0, 0.05) is 19.7 Å². The second kappa shape index (κ2) is 6.92. The number of rotatable bonds is 5. The summed E-state index contributed by atoms with van der Waals surface area (Å²) in [5, 5.41) is 0. The zero-order valence-corrected chi connectivity index (χ0v) is 15.9. The Morgan fingerprint density at radius 1 is 1.07 bits per heavy atom. The summed E-state index contributed by atoms with van der Waals surface area (Å²) in [7, 11) is 0.565. The van der Waals surface area contributed by atoms with Gasteiger partial charge in [-0.15, -0.1) is 0 Å². The van der Waals surface area contributed by atoms with Crippen LogP contribution in [0.25, 0.3) is 11.0 Å². The van der Waals surface area contributed by atoms with Gasteiger partial charge in [0.05, 0.1) is 29.5 Å². The van der Waals surface area contributed by atoms with Gasteiger partial charge in [0.15, 0.2) is 0 Å². The molecule has 3 aromatic rings. The number of hydrogen-bond donors (Lipinski definition) is 1. The van der Waals surface area contributed by atoms with E-state index in [0.717, 1.165) is 0 Å². The molecule has 0 atom stereocenters. The number of hydrogen-bond acceptors (Lipinski definition) is 5. The van der Waals surface area contributed by atoms with Crippen molar-refractivity contribution in [2.24, 2.45) is 14.1 Å². The molecule has 3 rings (SSSR count). The third-order valence-corrected chi connectivity index (χ3v) is 5.72. The average molecular weight is 389 g/mol. The maximum absolute atomic E-state index is 12.6. The molecule has 0 spiro atoms. The number of benzene rings is 2. The maximum atomic E-state index is 12.6. The van der Waals surface area contributed by atoms with Gasteiger partial charge in [-0.25, -0.2) is 17.9 Å². The molecule has 0 aliphatic rings. The molecule has 142 valence electrons. The highest BCUT2D eigenvalue weighted by molar-refractivity contribution is 7.90. The number of aryl methyl sites for hydroxylation is 2. The standard InChI is InChI=1S/C18H19N3O5S/c1-20-14-9-8-13(11-15(14)21(2)18(20)23)27(24,25)19-17(22)10-12-6-4-5-7-16(12)26-3/h4-9,11H,10H2,1-3H3,(H,19,22). The number of fused-ring (bicyclic) bond motifs is 1. The number of nitrogens with zero attached hydrogens (tertiary/aromatic N) is 2. The zero-order valence-electron chi connectivity index (χ0n) is 15.1. The number of para-hydroxylation sites is 1. The fraction of sp³-hybridized carbons (Fsp3) is 0.222. The lowest BCUT2D eigenvalue weighted by molar-refractivity contribution is -0.118. The van der Waals surface area contributed by atoms with Crippen molar-refractivity contribution in [3.8, 4) is 5.75 Å². The summed E-state index contributed by atoms with van der Waals surface area (Å²) in [5.41, 5.74) is 1.37. The monoisotopic (exact) mass is 389 g/mol. The summed E-state index contributed by atoms with van der Waals surface area (Å²) in [6.07, 6.45) is -0.144. The predicted octanol–water partition coefficient (Wildman–Crippen LogP) is 0.933. The van der Waals surface area contributed by atoms with E-state index in [1.165, 1.54) is 34.4 Å². The highest BCUT2D eigenvalue weighted by Gasteiger charge is 2.20. The first-order chi connectivity index (χ1) is 12.7. The van der Waals surface area contributed by atoms with Gasteiger partial charge >= 0.3 is 5.69 Å². The molecule has 0 fully saturated rings. The Hall–Kier alpha value is -3.07. The van der Waals surface area contributed by atoms with E-state index in [1.54, 1.807) is 38.4 Å². The number of methoxy groups -OCH3 is 1. The summed E-state index contributed by atoms with van der Waals surface area (Å²) in [6, 6.07) is 11.2. The lowest BCUT2D eigenvalue weighted by Crippen LogP contribution is -2.31. The maximum Gasteiger partial charge on any atom is 0.328 e. The Kier molecular flexibility index (Phi) is 4.79. The molecule has 9 heteroatoms. The summed E-state index contributed by atoms with van der Waals surface area (Å²) in [5.74, 6) is -0.174. The second-order valence-electron chi connectivity index (χ2n) is 6.07. The van der Waals surface area contributed by atoms with Crippen molar-refractivity contribution in [3.63, 3.8) is 0 Å². The molecular formula is C18H19N3O5S. The van der Waals surface area contributed by atoms with Gasteiger partial charge in [-0.3, -0.25) is 13.9 Å². The number of aromatic nitrogens is 2. The second-order valence-corrected chi connectivity index (χ2v) is 7.75. The summed E-state index contributed by atoms with van der Waals surface area (Å²) in [4.78, 5) is 24.1. The lowest BCUT2D eigenvalue weighted by atomic mass is 10.1. The number of carbonyl (C=O) groups is 1. The topological polar surface area (TPSA) is 99.4 Å². The van der Waals surface area contributed by atoms with Crippen LogP contribution < -0.4 is 15.1 Å². The van der Waals surface area contributed by atoms with E-state index in [9.17, 15) is 18.0 Å². The molecule has 27 heavy (non-hydrogen) atoms. The Balaban J connectivity index is 1.88. The van der Waals surface area contributed by atoms with Gasteiger partial charge in [0.2, 0.25) is 5.91 Å². The molecule has 1 aromatic heterocycles. The zero-order chi connectivity index (χ0) is 19.8. The molecule has 0 saturated heterocycles. The minimum absolute atomic E-state index is 0.0930. The van der Waals surface area contributed by atoms with Gasteiger partial charge in [-0.05, 0) is 24.3 Å². The van der Waals surface area contributed by atoms with Crippen molar-refractivity contribution in [2.45, 2.75) is 11.3 Å². The Morgan fingerprint density at radius 3 is 2.44 bits per heavy atom. The Bertz CT molecular complexity index is 1190. The summed E-state index contributed by atoms with van der Waals surface area (Å²) < 4.78 is 35.2. The molecule has 1 amide bonds. The van der Waals surface area contributed by atoms with Gasteiger partial charge in [0.1, 0.15) is 5.75 Å². The van der Waals surface area contributed by atoms with Crippen molar-refractivity contribution >= 4 is 27.0 Å². The first-order valence-corrected chi connectivity index (χ1v) is 9.56. The molecule has 0 aliphatic heterocycles. The van der Waals surface area contributed by atoms with E-state index in [4.69, 9.17) is 4.74 Å². The largest absolute Gasteiger partial charge is 0.496 e. The van der Waals surface area contributed by atoms with Crippen LogP contribution in [0.2, 0.25) is 0 Å². The number of sulfonamides is 1. The Labute approximate surface area is 156 Å². The van der Waals surface area contributed by atoms with Crippen LogP contribution in [0, 0.1) is 0 Å². The van der Waals surface area contributed by atoms with Crippen LogP contribution in [0.5, 0.6) is 5.75 Å². The van der Waals surface area contributed by atoms with Crippen LogP contribution in [0.15, 0.2) is 52.2 Å². The van der Waals surface area contributed by atoms with Crippen LogP contribution in [-0.4, -0.2) is 30.6 Å². The lowest BCUT2D eigenvalue weighted by Gasteiger charge is -2.10. The minimum atomic E-state index is -4.08. The number of carbonyl (C=O) groups excluding carboxylic acids is 1. The van der Waals surface area contributed by atoms with Crippen LogP contribution in [-0.2, 0) is 35.3 Å². The van der Waals surface area contributed by atoms with E-state index < -0.39 is 15.9 Å². The van der Waals surface area contributed by atoms with Crippen LogP contribution >= 0.6 is 0 Å². The molecule has 0 saturated carbocycles. The predicted molar refractivity (Wildman–Crippen MR) is 100 cm³/mol. The SMILES string of the molecule is COc1ccccc1CC(=O)NS(=O)(=O)c1ccc2c(c1)n(C)c(=O)n2C. The van der Waals surface area contributed by atoms with E-state index >= 15 is 0 Å². The quantitative estimate of drug-likeness (QED) is 0.700. The van der Waals surface area contributed by atoms with Gasteiger partial charge in [0.25, 0.3) is 10.0 Å². The van der Waals surface area contributed by atoms with Crippen molar-refractivity contribution in [1.29, 1.82) is 0 Å². The molecule has 0 aliphatic carbocycles. The molecule has 0 bridgehead atoms. The molecule has 8 nitrogen and oxygen atoms in total. The van der Waals surface area contributed by atoms with E-state index in [1.807, 2.05) is 0 Å². The number of imidazole rings is 1. The van der Waals surface area contributed by atoms with E-state index in [-0.39, 0.29) is 17.0 Å². The van der Waals surface area contributed by atoms with Gasteiger partial charge in [-0.1, -0.05) is 18.2 Å². The molecule has 0 unspecified atom stereocenters. The van der Waals surface area contributed by atoms with Crippen molar-refractivity contribution in [1.82, 2.24) is 13.9 Å². The van der Waals surface area contributed by atoms with Crippen LogP contribution in [0.4, 0.5) is 0 Å². The van der Waals surface area contributed by atoms with Crippen molar-refractivity contribution in [2.75, 3.05) is 7.11 Å². The molecule has 1 heterocycles. The van der Waals surface area contributed by atoms with Crippen molar-refractivity contribution in [3.05, 3.63) is 58.5 Å². The Morgan fingerprint density at radius 2 is 1.74 bits per heavy atom. The minimum Gasteiger partial charge on any atom is -0.496 e. The summed E-state index contributed by atoms with van der Waals surface area (Å²) >= 11 is 0. The number of ether oxygens (including phenoxy) is 1.